The standard InChI is InChI=1S/C18H12Cl3N3O2S/c19-11-6-5-10(13(20)7-11)8-23-24-15(25)9-22-18(26)17-16(21)12-3-1-2-4-14(12)27-17/h1-8H,9H2,(H,22,26)(H,24,25)/b23-8+. The molecule has 3 aromatic rings. The van der Waals surface area contributed by atoms with Crippen LogP contribution in [0.2, 0.25) is 15.1 Å². The van der Waals surface area contributed by atoms with Crippen LogP contribution in [0, 0.1) is 0 Å². The first kappa shape index (κ1) is 19.6. The highest BCUT2D eigenvalue weighted by Gasteiger charge is 2.17. The lowest BCUT2D eigenvalue weighted by Gasteiger charge is -2.03. The van der Waals surface area contributed by atoms with Gasteiger partial charge in [-0.2, -0.15) is 5.10 Å². The van der Waals surface area contributed by atoms with Gasteiger partial charge in [-0.15, -0.1) is 11.3 Å². The van der Waals surface area contributed by atoms with Crippen LogP contribution in [0.1, 0.15) is 15.2 Å². The molecule has 0 saturated carbocycles. The number of thiophene rings is 1. The number of benzene rings is 2. The molecule has 0 spiro atoms. The molecule has 9 heteroatoms. The van der Waals surface area contributed by atoms with Crippen molar-refractivity contribution < 1.29 is 9.59 Å². The summed E-state index contributed by atoms with van der Waals surface area (Å²) in [6.45, 7) is -0.241. The van der Waals surface area contributed by atoms with E-state index >= 15 is 0 Å². The zero-order valence-corrected chi connectivity index (χ0v) is 16.7. The van der Waals surface area contributed by atoms with Crippen LogP contribution >= 0.6 is 46.1 Å². The Morgan fingerprint density at radius 3 is 2.63 bits per heavy atom. The number of nitrogens with zero attached hydrogens (tertiary/aromatic N) is 1. The summed E-state index contributed by atoms with van der Waals surface area (Å²) in [4.78, 5) is 24.5. The monoisotopic (exact) mass is 439 g/mol. The van der Waals surface area contributed by atoms with Gasteiger partial charge in [-0.1, -0.05) is 59.1 Å². The van der Waals surface area contributed by atoms with Crippen LogP contribution in [0.25, 0.3) is 10.1 Å². The first-order valence-electron chi connectivity index (χ1n) is 7.68. The highest BCUT2D eigenvalue weighted by atomic mass is 35.5. The average molecular weight is 441 g/mol. The number of hydrazone groups is 1. The van der Waals surface area contributed by atoms with E-state index in [9.17, 15) is 9.59 Å². The van der Waals surface area contributed by atoms with Crippen molar-refractivity contribution in [3.63, 3.8) is 0 Å². The molecular formula is C18H12Cl3N3O2S. The fraction of sp³-hybridized carbons (Fsp3) is 0.0556. The lowest BCUT2D eigenvalue weighted by Crippen LogP contribution is -2.34. The van der Waals surface area contributed by atoms with Crippen molar-refractivity contribution >= 4 is 74.3 Å². The summed E-state index contributed by atoms with van der Waals surface area (Å²) in [5, 5.41) is 8.43. The molecule has 0 atom stereocenters. The summed E-state index contributed by atoms with van der Waals surface area (Å²) in [7, 11) is 0. The summed E-state index contributed by atoms with van der Waals surface area (Å²) in [5.41, 5.74) is 2.92. The summed E-state index contributed by atoms with van der Waals surface area (Å²) < 4.78 is 0.904. The van der Waals surface area contributed by atoms with Crippen LogP contribution < -0.4 is 10.7 Å². The molecule has 5 nitrogen and oxygen atoms in total. The Morgan fingerprint density at radius 1 is 1.11 bits per heavy atom. The minimum absolute atomic E-state index is 0.241. The van der Waals surface area contributed by atoms with Gasteiger partial charge in [0.2, 0.25) is 0 Å². The SMILES string of the molecule is O=C(CNC(=O)c1sc2ccccc2c1Cl)N/N=C/c1ccc(Cl)cc1Cl. The number of rotatable bonds is 5. The van der Waals surface area contributed by atoms with Gasteiger partial charge in [0.05, 0.1) is 22.8 Å². The van der Waals surface area contributed by atoms with Crippen molar-refractivity contribution in [1.82, 2.24) is 10.7 Å². The van der Waals surface area contributed by atoms with Gasteiger partial charge in [-0.05, 0) is 18.2 Å². The predicted molar refractivity (Wildman–Crippen MR) is 111 cm³/mol. The number of fused-ring (bicyclic) bond motifs is 1. The summed E-state index contributed by atoms with van der Waals surface area (Å²) >= 11 is 19.3. The van der Waals surface area contributed by atoms with E-state index in [-0.39, 0.29) is 6.54 Å². The number of hydrogen-bond acceptors (Lipinski definition) is 4. The van der Waals surface area contributed by atoms with Crippen LogP contribution in [0.15, 0.2) is 47.6 Å². The summed E-state index contributed by atoms with van der Waals surface area (Å²) in [6, 6.07) is 12.3. The van der Waals surface area contributed by atoms with Gasteiger partial charge in [-0.3, -0.25) is 9.59 Å². The molecule has 1 aromatic heterocycles. The molecule has 0 aliphatic rings. The Morgan fingerprint density at radius 2 is 1.89 bits per heavy atom. The van der Waals surface area contributed by atoms with Gasteiger partial charge in [-0.25, -0.2) is 5.43 Å². The average Bonchev–Trinajstić information content (AvgIpc) is 2.99. The largest absolute Gasteiger partial charge is 0.342 e. The maximum absolute atomic E-state index is 12.3. The van der Waals surface area contributed by atoms with E-state index in [0.29, 0.717) is 25.5 Å². The first-order chi connectivity index (χ1) is 13.0. The van der Waals surface area contributed by atoms with E-state index in [0.717, 1.165) is 10.1 Å². The molecule has 138 valence electrons. The second-order valence-corrected chi connectivity index (χ2v) is 7.66. The Balaban J connectivity index is 1.56. The van der Waals surface area contributed by atoms with E-state index in [4.69, 9.17) is 34.8 Å². The Bertz CT molecular complexity index is 1050. The maximum Gasteiger partial charge on any atom is 0.263 e. The third kappa shape index (κ3) is 4.78. The number of carbonyl (C=O) groups excluding carboxylic acids is 2. The molecule has 0 saturated heterocycles. The molecule has 0 radical (unpaired) electrons. The minimum atomic E-state index is -0.484. The molecule has 0 aliphatic heterocycles. The van der Waals surface area contributed by atoms with E-state index in [2.05, 4.69) is 15.8 Å². The number of amides is 2. The van der Waals surface area contributed by atoms with Gasteiger partial charge in [0.25, 0.3) is 11.8 Å². The topological polar surface area (TPSA) is 70.6 Å². The van der Waals surface area contributed by atoms with Crippen LogP contribution in [0.5, 0.6) is 0 Å². The third-order valence-electron chi connectivity index (χ3n) is 3.51. The molecular weight excluding hydrogens is 429 g/mol. The number of hydrogen-bond donors (Lipinski definition) is 2. The van der Waals surface area contributed by atoms with Gasteiger partial charge in [0.1, 0.15) is 4.88 Å². The van der Waals surface area contributed by atoms with Crippen LogP contribution in [-0.2, 0) is 4.79 Å². The van der Waals surface area contributed by atoms with E-state index in [1.54, 1.807) is 18.2 Å². The van der Waals surface area contributed by atoms with Crippen molar-refractivity contribution in [1.29, 1.82) is 0 Å². The Kier molecular flexibility index (Phi) is 6.34. The van der Waals surface area contributed by atoms with Crippen molar-refractivity contribution in [2.45, 2.75) is 0 Å². The quantitative estimate of drug-likeness (QED) is 0.444. The molecule has 0 aliphatic carbocycles. The summed E-state index contributed by atoms with van der Waals surface area (Å²) in [5.74, 6) is -0.900. The van der Waals surface area contributed by atoms with Crippen molar-refractivity contribution in [3.8, 4) is 0 Å². The molecule has 2 N–H and O–H groups in total. The van der Waals surface area contributed by atoms with Gasteiger partial charge < -0.3 is 5.32 Å². The van der Waals surface area contributed by atoms with E-state index < -0.39 is 11.8 Å². The van der Waals surface area contributed by atoms with Gasteiger partial charge >= 0.3 is 0 Å². The minimum Gasteiger partial charge on any atom is -0.342 e. The van der Waals surface area contributed by atoms with Crippen molar-refractivity contribution in [2.75, 3.05) is 6.54 Å². The lowest BCUT2D eigenvalue weighted by atomic mass is 10.2. The highest BCUT2D eigenvalue weighted by Crippen LogP contribution is 2.34. The number of nitrogens with one attached hydrogen (secondary N) is 2. The molecule has 0 bridgehead atoms. The number of halogens is 3. The normalized spacial score (nSPS) is 11.1. The molecule has 2 aromatic carbocycles. The first-order valence-corrected chi connectivity index (χ1v) is 9.63. The molecule has 0 fully saturated rings. The van der Waals surface area contributed by atoms with E-state index in [1.165, 1.54) is 17.6 Å². The second kappa shape index (κ2) is 8.71. The second-order valence-electron chi connectivity index (χ2n) is 5.38. The Hall–Kier alpha value is -2.12. The van der Waals surface area contributed by atoms with Crippen LogP contribution in [-0.4, -0.2) is 24.6 Å². The maximum atomic E-state index is 12.3. The fourth-order valence-corrected chi connectivity index (χ4v) is 4.11. The molecule has 0 unspecified atom stereocenters. The van der Waals surface area contributed by atoms with Gasteiger partial charge in [0, 0.05) is 20.7 Å². The van der Waals surface area contributed by atoms with Gasteiger partial charge in [0.15, 0.2) is 0 Å². The lowest BCUT2D eigenvalue weighted by molar-refractivity contribution is -0.120. The zero-order chi connectivity index (χ0) is 19.4. The summed E-state index contributed by atoms with van der Waals surface area (Å²) in [6.07, 6.45) is 1.39. The Labute approximate surface area is 173 Å². The predicted octanol–water partition coefficient (Wildman–Crippen LogP) is 4.74. The third-order valence-corrected chi connectivity index (χ3v) is 5.74. The zero-order valence-electron chi connectivity index (χ0n) is 13.6. The molecule has 3 rings (SSSR count). The van der Waals surface area contributed by atoms with Crippen LogP contribution in [0.3, 0.4) is 0 Å². The highest BCUT2D eigenvalue weighted by molar-refractivity contribution is 7.21. The fourth-order valence-electron chi connectivity index (χ4n) is 2.22. The molecule has 1 heterocycles. The molecule has 2 amide bonds. The molecule has 27 heavy (non-hydrogen) atoms. The number of carbonyl (C=O) groups is 2. The van der Waals surface area contributed by atoms with Crippen molar-refractivity contribution in [2.24, 2.45) is 5.10 Å². The van der Waals surface area contributed by atoms with E-state index in [1.807, 2.05) is 24.3 Å². The van der Waals surface area contributed by atoms with Crippen molar-refractivity contribution in [3.05, 3.63) is 68.0 Å². The van der Waals surface area contributed by atoms with Crippen LogP contribution in [0.4, 0.5) is 0 Å². The smallest absolute Gasteiger partial charge is 0.263 e.